The Morgan fingerprint density at radius 3 is 2.61 bits per heavy atom. The average molecular weight is 407 g/mol. The SMILES string of the molecule is O=C(C1CC1)N(CCN1CCCCC1)C1CCN(S(=O)(=O)c2cccnc2)C1. The lowest BCUT2D eigenvalue weighted by molar-refractivity contribution is -0.134. The van der Waals surface area contributed by atoms with Crippen molar-refractivity contribution in [1.82, 2.24) is 19.1 Å². The lowest BCUT2D eigenvalue weighted by Crippen LogP contribution is -2.47. The molecule has 1 atom stereocenters. The highest BCUT2D eigenvalue weighted by Gasteiger charge is 2.41. The van der Waals surface area contributed by atoms with Crippen LogP contribution in [0, 0.1) is 5.92 Å². The fourth-order valence-electron chi connectivity index (χ4n) is 4.30. The predicted molar refractivity (Wildman–Crippen MR) is 106 cm³/mol. The van der Waals surface area contributed by atoms with E-state index in [0.29, 0.717) is 26.1 Å². The molecule has 154 valence electrons. The molecule has 1 aromatic heterocycles. The van der Waals surface area contributed by atoms with Crippen molar-refractivity contribution in [3.63, 3.8) is 0 Å². The van der Waals surface area contributed by atoms with Gasteiger partial charge in [0.15, 0.2) is 0 Å². The summed E-state index contributed by atoms with van der Waals surface area (Å²) in [5, 5.41) is 0. The second kappa shape index (κ2) is 8.47. The van der Waals surface area contributed by atoms with Crippen LogP contribution in [-0.2, 0) is 14.8 Å². The summed E-state index contributed by atoms with van der Waals surface area (Å²) in [5.74, 6) is 0.382. The van der Waals surface area contributed by atoms with Gasteiger partial charge in [0, 0.05) is 50.5 Å². The molecule has 2 saturated heterocycles. The second-order valence-corrected chi connectivity index (χ2v) is 10.1. The molecule has 0 radical (unpaired) electrons. The highest BCUT2D eigenvalue weighted by Crippen LogP contribution is 2.33. The fourth-order valence-corrected chi connectivity index (χ4v) is 5.76. The van der Waals surface area contributed by atoms with Crippen LogP contribution in [0.3, 0.4) is 0 Å². The molecule has 0 aromatic carbocycles. The van der Waals surface area contributed by atoms with Crippen LogP contribution in [0.25, 0.3) is 0 Å². The van der Waals surface area contributed by atoms with Crippen LogP contribution < -0.4 is 0 Å². The van der Waals surface area contributed by atoms with Crippen LogP contribution in [0.4, 0.5) is 0 Å². The first-order valence-corrected chi connectivity index (χ1v) is 11.9. The number of hydrogen-bond donors (Lipinski definition) is 0. The molecule has 3 aliphatic rings. The van der Waals surface area contributed by atoms with E-state index in [9.17, 15) is 13.2 Å². The number of nitrogens with zero attached hydrogens (tertiary/aromatic N) is 4. The van der Waals surface area contributed by atoms with Gasteiger partial charge >= 0.3 is 0 Å². The lowest BCUT2D eigenvalue weighted by Gasteiger charge is -2.33. The van der Waals surface area contributed by atoms with E-state index < -0.39 is 10.0 Å². The van der Waals surface area contributed by atoms with Gasteiger partial charge in [-0.25, -0.2) is 8.42 Å². The zero-order valence-corrected chi connectivity index (χ0v) is 17.2. The predicted octanol–water partition coefficient (Wildman–Crippen LogP) is 1.57. The molecule has 4 rings (SSSR count). The Kier molecular flexibility index (Phi) is 5.99. The van der Waals surface area contributed by atoms with Gasteiger partial charge in [-0.1, -0.05) is 6.42 Å². The Morgan fingerprint density at radius 2 is 1.93 bits per heavy atom. The number of hydrogen-bond acceptors (Lipinski definition) is 5. The van der Waals surface area contributed by atoms with Crippen molar-refractivity contribution in [2.24, 2.45) is 5.92 Å². The number of carbonyl (C=O) groups is 1. The molecular weight excluding hydrogens is 376 g/mol. The normalized spacial score (nSPS) is 24.4. The van der Waals surface area contributed by atoms with Crippen molar-refractivity contribution in [2.75, 3.05) is 39.3 Å². The molecule has 7 nitrogen and oxygen atoms in total. The number of aromatic nitrogens is 1. The zero-order valence-electron chi connectivity index (χ0n) is 16.4. The van der Waals surface area contributed by atoms with E-state index in [1.807, 2.05) is 4.90 Å². The fraction of sp³-hybridized carbons (Fsp3) is 0.700. The minimum absolute atomic E-state index is 0.0238. The van der Waals surface area contributed by atoms with Crippen LogP contribution in [0.2, 0.25) is 0 Å². The molecular formula is C20H30N4O3S. The summed E-state index contributed by atoms with van der Waals surface area (Å²) < 4.78 is 27.3. The Balaban J connectivity index is 1.42. The lowest BCUT2D eigenvalue weighted by atomic mass is 10.1. The van der Waals surface area contributed by atoms with Gasteiger partial charge in [-0.15, -0.1) is 0 Å². The van der Waals surface area contributed by atoms with E-state index in [1.54, 1.807) is 18.3 Å². The average Bonchev–Trinajstić information content (AvgIpc) is 3.46. The number of piperidine rings is 1. The third-order valence-electron chi connectivity index (χ3n) is 6.15. The third-order valence-corrected chi connectivity index (χ3v) is 8.00. The first kappa shape index (κ1) is 19.8. The Morgan fingerprint density at radius 1 is 1.14 bits per heavy atom. The molecule has 3 fully saturated rings. The summed E-state index contributed by atoms with van der Waals surface area (Å²) in [6.45, 7) is 4.66. The second-order valence-electron chi connectivity index (χ2n) is 8.20. The molecule has 2 aliphatic heterocycles. The third kappa shape index (κ3) is 4.39. The van der Waals surface area contributed by atoms with Crippen molar-refractivity contribution in [2.45, 2.75) is 49.5 Å². The number of sulfonamides is 1. The van der Waals surface area contributed by atoms with Crippen molar-refractivity contribution >= 4 is 15.9 Å². The molecule has 1 amide bonds. The van der Waals surface area contributed by atoms with Crippen LogP contribution >= 0.6 is 0 Å². The largest absolute Gasteiger partial charge is 0.337 e. The summed E-state index contributed by atoms with van der Waals surface area (Å²) in [6.07, 6.45) is 9.39. The first-order chi connectivity index (χ1) is 13.6. The van der Waals surface area contributed by atoms with Gasteiger partial charge in [0.25, 0.3) is 0 Å². The minimum Gasteiger partial charge on any atom is -0.337 e. The van der Waals surface area contributed by atoms with Gasteiger partial charge in [-0.2, -0.15) is 4.31 Å². The van der Waals surface area contributed by atoms with E-state index in [2.05, 4.69) is 9.88 Å². The van der Waals surface area contributed by atoms with E-state index >= 15 is 0 Å². The van der Waals surface area contributed by atoms with Crippen LogP contribution in [0.5, 0.6) is 0 Å². The molecule has 8 heteroatoms. The molecule has 0 bridgehead atoms. The first-order valence-electron chi connectivity index (χ1n) is 10.5. The highest BCUT2D eigenvalue weighted by molar-refractivity contribution is 7.89. The van der Waals surface area contributed by atoms with Crippen molar-refractivity contribution < 1.29 is 13.2 Å². The van der Waals surface area contributed by atoms with Crippen LogP contribution in [0.1, 0.15) is 38.5 Å². The summed E-state index contributed by atoms with van der Waals surface area (Å²) in [4.78, 5) is 21.5. The molecule has 1 saturated carbocycles. The van der Waals surface area contributed by atoms with Gasteiger partial charge in [-0.05, 0) is 57.3 Å². The van der Waals surface area contributed by atoms with E-state index in [4.69, 9.17) is 0 Å². The summed E-state index contributed by atoms with van der Waals surface area (Å²) in [7, 11) is -3.55. The quantitative estimate of drug-likeness (QED) is 0.687. The van der Waals surface area contributed by atoms with Crippen LogP contribution in [0.15, 0.2) is 29.4 Å². The monoisotopic (exact) mass is 406 g/mol. The van der Waals surface area contributed by atoms with Gasteiger partial charge in [0.1, 0.15) is 4.90 Å². The number of carbonyl (C=O) groups excluding carboxylic acids is 1. The van der Waals surface area contributed by atoms with Gasteiger partial charge in [0.2, 0.25) is 15.9 Å². The summed E-state index contributed by atoms with van der Waals surface area (Å²) >= 11 is 0. The Labute approximate surface area is 167 Å². The smallest absolute Gasteiger partial charge is 0.244 e. The number of likely N-dealkylation sites (tertiary alicyclic amines) is 1. The molecule has 3 heterocycles. The van der Waals surface area contributed by atoms with E-state index in [1.165, 1.54) is 29.8 Å². The standard InChI is InChI=1S/C20H30N4O3S/c25-20(17-6-7-17)24(14-13-22-10-2-1-3-11-22)18-8-12-23(16-18)28(26,27)19-5-4-9-21-15-19/h4-5,9,15,17-18H,1-3,6-8,10-14,16H2. The number of pyridine rings is 1. The van der Waals surface area contributed by atoms with Crippen molar-refractivity contribution in [3.05, 3.63) is 24.5 Å². The van der Waals surface area contributed by atoms with E-state index in [-0.39, 0.29) is 22.8 Å². The van der Waals surface area contributed by atoms with Crippen LogP contribution in [-0.4, -0.2) is 78.7 Å². The molecule has 0 spiro atoms. The maximum Gasteiger partial charge on any atom is 0.244 e. The Bertz CT molecular complexity index is 776. The topological polar surface area (TPSA) is 73.8 Å². The Hall–Kier alpha value is -1.51. The number of rotatable bonds is 7. The zero-order chi connectivity index (χ0) is 19.6. The molecule has 1 aliphatic carbocycles. The highest BCUT2D eigenvalue weighted by atomic mass is 32.2. The molecule has 1 aromatic rings. The van der Waals surface area contributed by atoms with Crippen molar-refractivity contribution in [3.8, 4) is 0 Å². The van der Waals surface area contributed by atoms with Crippen molar-refractivity contribution in [1.29, 1.82) is 0 Å². The summed E-state index contributed by atoms with van der Waals surface area (Å²) in [5.41, 5.74) is 0. The van der Waals surface area contributed by atoms with E-state index in [0.717, 1.165) is 32.5 Å². The molecule has 1 unspecified atom stereocenters. The minimum atomic E-state index is -3.55. The molecule has 0 N–H and O–H groups in total. The van der Waals surface area contributed by atoms with Gasteiger partial charge < -0.3 is 9.80 Å². The van der Waals surface area contributed by atoms with Gasteiger partial charge in [0.05, 0.1) is 0 Å². The maximum absolute atomic E-state index is 12.9. The molecule has 28 heavy (non-hydrogen) atoms. The number of amides is 1. The summed E-state index contributed by atoms with van der Waals surface area (Å²) in [6, 6.07) is 3.20. The van der Waals surface area contributed by atoms with Gasteiger partial charge in [-0.3, -0.25) is 9.78 Å². The maximum atomic E-state index is 12.9.